The van der Waals surface area contributed by atoms with Crippen molar-refractivity contribution < 1.29 is 9.15 Å². The number of para-hydroxylation sites is 2. The van der Waals surface area contributed by atoms with Gasteiger partial charge in [0.1, 0.15) is 11.4 Å². The number of aromatic nitrogens is 6. The largest absolute Gasteiger partial charge is 0.494 e. The summed E-state index contributed by atoms with van der Waals surface area (Å²) in [5.74, 6) is 2.13. The Balaban J connectivity index is 1.52. The molecule has 9 heteroatoms. The summed E-state index contributed by atoms with van der Waals surface area (Å²) in [5.41, 5.74) is 1.65. The molecule has 4 aromatic rings. The van der Waals surface area contributed by atoms with Crippen LogP contribution in [0.5, 0.6) is 5.75 Å². The van der Waals surface area contributed by atoms with E-state index in [1.807, 2.05) is 54.6 Å². The van der Waals surface area contributed by atoms with E-state index in [0.29, 0.717) is 28.4 Å². The average molecular weight is 366 g/mol. The Labute approximate surface area is 153 Å². The van der Waals surface area contributed by atoms with Gasteiger partial charge < -0.3 is 9.15 Å². The molecule has 0 saturated carbocycles. The Morgan fingerprint density at radius 3 is 2.65 bits per heavy atom. The molecule has 0 spiro atoms. The highest BCUT2D eigenvalue weighted by atomic mass is 32.2. The third-order valence-electron chi connectivity index (χ3n) is 3.57. The lowest BCUT2D eigenvalue weighted by molar-refractivity contribution is 0.410. The van der Waals surface area contributed by atoms with Gasteiger partial charge in [-0.1, -0.05) is 42.1 Å². The first-order valence-corrected chi connectivity index (χ1v) is 8.76. The van der Waals surface area contributed by atoms with Crippen LogP contribution in [0.2, 0.25) is 0 Å². The van der Waals surface area contributed by atoms with Crippen molar-refractivity contribution in [1.29, 1.82) is 0 Å². The number of ether oxygens (including phenoxy) is 1. The number of hydrogen-bond acceptors (Lipinski definition) is 8. The second kappa shape index (κ2) is 7.36. The fourth-order valence-electron chi connectivity index (χ4n) is 2.36. The third kappa shape index (κ3) is 3.29. The maximum Gasteiger partial charge on any atom is 0.247 e. The van der Waals surface area contributed by atoms with E-state index < -0.39 is 0 Å². The first kappa shape index (κ1) is 16.3. The van der Waals surface area contributed by atoms with Crippen LogP contribution in [-0.4, -0.2) is 37.5 Å². The van der Waals surface area contributed by atoms with E-state index in [9.17, 15) is 0 Å². The van der Waals surface area contributed by atoms with Gasteiger partial charge in [0, 0.05) is 5.56 Å². The highest BCUT2D eigenvalue weighted by Gasteiger charge is 2.15. The van der Waals surface area contributed by atoms with Crippen LogP contribution in [0.4, 0.5) is 0 Å². The predicted molar refractivity (Wildman–Crippen MR) is 95.0 cm³/mol. The van der Waals surface area contributed by atoms with Gasteiger partial charge in [-0.25, -0.2) is 0 Å². The van der Waals surface area contributed by atoms with Crippen LogP contribution in [0, 0.1) is 0 Å². The number of methoxy groups -OCH3 is 1. The van der Waals surface area contributed by atoms with Crippen molar-refractivity contribution in [2.75, 3.05) is 7.11 Å². The number of benzene rings is 2. The van der Waals surface area contributed by atoms with Crippen molar-refractivity contribution >= 4 is 11.8 Å². The third-order valence-corrected chi connectivity index (χ3v) is 4.47. The van der Waals surface area contributed by atoms with Crippen molar-refractivity contribution in [1.82, 2.24) is 30.4 Å². The van der Waals surface area contributed by atoms with Gasteiger partial charge in [-0.05, 0) is 34.7 Å². The number of hydrogen-bond donors (Lipinski definition) is 0. The van der Waals surface area contributed by atoms with Crippen molar-refractivity contribution in [2.45, 2.75) is 10.9 Å². The lowest BCUT2D eigenvalue weighted by Crippen LogP contribution is -2.01. The van der Waals surface area contributed by atoms with Gasteiger partial charge in [0.05, 0.1) is 12.9 Å². The number of nitrogens with zero attached hydrogens (tertiary/aromatic N) is 6. The first-order chi connectivity index (χ1) is 12.8. The highest BCUT2D eigenvalue weighted by molar-refractivity contribution is 7.98. The molecule has 0 atom stereocenters. The van der Waals surface area contributed by atoms with Gasteiger partial charge in [-0.2, -0.15) is 4.68 Å². The highest BCUT2D eigenvalue weighted by Crippen LogP contribution is 2.27. The minimum atomic E-state index is 0.454. The molecule has 130 valence electrons. The van der Waals surface area contributed by atoms with Crippen molar-refractivity contribution in [3.8, 4) is 22.9 Å². The van der Waals surface area contributed by atoms with Crippen molar-refractivity contribution in [3.05, 3.63) is 60.5 Å². The van der Waals surface area contributed by atoms with Crippen molar-refractivity contribution in [3.63, 3.8) is 0 Å². The van der Waals surface area contributed by atoms with Crippen LogP contribution in [0.25, 0.3) is 17.1 Å². The van der Waals surface area contributed by atoms with E-state index >= 15 is 0 Å². The predicted octanol–water partition coefficient (Wildman–Crippen LogP) is 3.01. The molecule has 26 heavy (non-hydrogen) atoms. The van der Waals surface area contributed by atoms with Gasteiger partial charge in [-0.3, -0.25) is 0 Å². The SMILES string of the molecule is COc1ccccc1-n1nnnc1SCc1nnc(-c2ccccc2)o1. The molecular formula is C17H14N6O2S. The molecule has 2 heterocycles. The number of tetrazole rings is 1. The van der Waals surface area contributed by atoms with Gasteiger partial charge in [0.2, 0.25) is 16.9 Å². The molecule has 8 nitrogen and oxygen atoms in total. The molecule has 0 radical (unpaired) electrons. The molecule has 0 aliphatic carbocycles. The van der Waals surface area contributed by atoms with Gasteiger partial charge in [0.15, 0.2) is 0 Å². The van der Waals surface area contributed by atoms with Crippen molar-refractivity contribution in [2.24, 2.45) is 0 Å². The second-order valence-corrected chi connectivity index (χ2v) is 6.14. The molecule has 2 aromatic carbocycles. The first-order valence-electron chi connectivity index (χ1n) is 7.77. The minimum Gasteiger partial charge on any atom is -0.494 e. The summed E-state index contributed by atoms with van der Waals surface area (Å²) in [4.78, 5) is 0. The molecule has 0 bridgehead atoms. The van der Waals surface area contributed by atoms with E-state index in [-0.39, 0.29) is 0 Å². The summed E-state index contributed by atoms with van der Waals surface area (Å²) in [6.07, 6.45) is 0. The Bertz CT molecular complexity index is 1000. The van der Waals surface area contributed by atoms with Gasteiger partial charge in [0.25, 0.3) is 0 Å². The zero-order chi connectivity index (χ0) is 17.8. The smallest absolute Gasteiger partial charge is 0.247 e. The van der Waals surface area contributed by atoms with E-state index in [1.165, 1.54) is 11.8 Å². The topological polar surface area (TPSA) is 91.8 Å². The van der Waals surface area contributed by atoms with Crippen LogP contribution in [0.1, 0.15) is 5.89 Å². The molecule has 2 aromatic heterocycles. The zero-order valence-electron chi connectivity index (χ0n) is 13.8. The lowest BCUT2D eigenvalue weighted by atomic mass is 10.2. The second-order valence-electron chi connectivity index (χ2n) is 5.20. The Kier molecular flexibility index (Phi) is 4.61. The molecule has 0 fully saturated rings. The van der Waals surface area contributed by atoms with E-state index in [0.717, 1.165) is 11.3 Å². The van der Waals surface area contributed by atoms with E-state index in [1.54, 1.807) is 11.8 Å². The molecule has 0 aliphatic rings. The normalized spacial score (nSPS) is 10.8. The monoisotopic (exact) mass is 366 g/mol. The van der Waals surface area contributed by atoms with Crippen LogP contribution in [-0.2, 0) is 5.75 Å². The van der Waals surface area contributed by atoms with E-state index in [4.69, 9.17) is 9.15 Å². The lowest BCUT2D eigenvalue weighted by Gasteiger charge is -2.08. The molecular weight excluding hydrogens is 352 g/mol. The zero-order valence-corrected chi connectivity index (χ0v) is 14.6. The molecule has 0 amide bonds. The summed E-state index contributed by atoms with van der Waals surface area (Å²) < 4.78 is 12.7. The fourth-order valence-corrected chi connectivity index (χ4v) is 3.08. The van der Waals surface area contributed by atoms with Crippen LogP contribution in [0.3, 0.4) is 0 Å². The van der Waals surface area contributed by atoms with E-state index in [2.05, 4.69) is 25.7 Å². The van der Waals surface area contributed by atoms with Crippen LogP contribution >= 0.6 is 11.8 Å². The summed E-state index contributed by atoms with van der Waals surface area (Å²) in [7, 11) is 1.61. The summed E-state index contributed by atoms with van der Waals surface area (Å²) in [6.45, 7) is 0. The Morgan fingerprint density at radius 2 is 1.81 bits per heavy atom. The average Bonchev–Trinajstić information content (AvgIpc) is 3.36. The maximum atomic E-state index is 5.71. The standard InChI is InChI=1S/C17H14N6O2S/c1-24-14-10-6-5-9-13(14)23-17(20-21-22-23)26-11-15-18-19-16(25-15)12-7-3-2-4-8-12/h2-10H,11H2,1H3. The summed E-state index contributed by atoms with van der Waals surface area (Å²) >= 11 is 1.40. The number of rotatable bonds is 6. The molecule has 0 aliphatic heterocycles. The molecule has 4 rings (SSSR count). The maximum absolute atomic E-state index is 5.71. The minimum absolute atomic E-state index is 0.454. The van der Waals surface area contributed by atoms with Crippen LogP contribution in [0.15, 0.2) is 64.2 Å². The summed E-state index contributed by atoms with van der Waals surface area (Å²) in [6, 6.07) is 17.2. The summed E-state index contributed by atoms with van der Waals surface area (Å²) in [5, 5.41) is 20.7. The molecule has 0 saturated heterocycles. The quantitative estimate of drug-likeness (QED) is 0.481. The van der Waals surface area contributed by atoms with Gasteiger partial charge >= 0.3 is 0 Å². The van der Waals surface area contributed by atoms with Crippen LogP contribution < -0.4 is 4.74 Å². The number of thioether (sulfide) groups is 1. The fraction of sp³-hybridized carbons (Fsp3) is 0.118. The Morgan fingerprint density at radius 1 is 1.00 bits per heavy atom. The molecule has 0 unspecified atom stereocenters. The Hall–Kier alpha value is -3.20. The van der Waals surface area contributed by atoms with Gasteiger partial charge in [-0.15, -0.1) is 15.3 Å². The molecule has 0 N–H and O–H groups in total.